The predicted octanol–water partition coefficient (Wildman–Crippen LogP) is 6.97. The monoisotopic (exact) mass is 1190 g/mol. The first-order valence-electron chi connectivity index (χ1n) is 31.6. The second kappa shape index (κ2) is 35.9. The molecule has 0 aromatic carbocycles. The second-order valence-corrected chi connectivity index (χ2v) is 24.9. The molecule has 16 atom stereocenters. The van der Waals surface area contributed by atoms with Gasteiger partial charge in [-0.15, -0.1) is 0 Å². The third kappa shape index (κ3) is 21.3. The highest BCUT2D eigenvalue weighted by molar-refractivity contribution is 6.39. The molecule has 3 N–H and O–H groups in total. The normalized spacial score (nSPS) is 36.3. The number of methoxy groups -OCH3 is 3. The summed E-state index contributed by atoms with van der Waals surface area (Å²) in [4.78, 5) is 76.6. The first-order chi connectivity index (χ1) is 40.1. The summed E-state index contributed by atoms with van der Waals surface area (Å²) in [7, 11) is 4.58. The Bertz CT molecular complexity index is 2180. The lowest BCUT2D eigenvalue weighted by molar-refractivity contribution is -0.265. The number of carbonyl (C=O) groups excluding carboxylic acids is 5. The molecule has 1 aliphatic carbocycles. The van der Waals surface area contributed by atoms with Crippen LogP contribution in [0.4, 0.5) is 0 Å². The van der Waals surface area contributed by atoms with E-state index in [9.17, 15) is 39.3 Å². The van der Waals surface area contributed by atoms with Crippen molar-refractivity contribution in [2.24, 2.45) is 35.5 Å². The molecule has 3 saturated heterocycles. The van der Waals surface area contributed by atoms with Gasteiger partial charge in [0, 0.05) is 104 Å². The average Bonchev–Trinajstić information content (AvgIpc) is 3.23. The van der Waals surface area contributed by atoms with Gasteiger partial charge >= 0.3 is 11.9 Å². The zero-order chi connectivity index (χ0) is 61.5. The zero-order valence-corrected chi connectivity index (χ0v) is 52.8. The van der Waals surface area contributed by atoms with Crippen molar-refractivity contribution in [1.29, 1.82) is 0 Å². The van der Waals surface area contributed by atoms with Crippen LogP contribution in [0.2, 0.25) is 0 Å². The van der Waals surface area contributed by atoms with Crippen LogP contribution in [0, 0.1) is 35.5 Å². The van der Waals surface area contributed by atoms with E-state index in [2.05, 4.69) is 16.7 Å². The van der Waals surface area contributed by atoms with Crippen LogP contribution in [0.1, 0.15) is 145 Å². The van der Waals surface area contributed by atoms with Crippen LogP contribution in [0.5, 0.6) is 0 Å². The minimum absolute atomic E-state index is 0.0127. The summed E-state index contributed by atoms with van der Waals surface area (Å²) in [5.74, 6) is -7.91. The number of ketones is 2. The predicted molar refractivity (Wildman–Crippen MR) is 319 cm³/mol. The summed E-state index contributed by atoms with van der Waals surface area (Å²) in [5.41, 5.74) is 1.31. The van der Waals surface area contributed by atoms with Crippen LogP contribution in [0.15, 0.2) is 47.6 Å². The summed E-state index contributed by atoms with van der Waals surface area (Å²) in [6.07, 6.45) is 11.2. The number of aliphatic hydroxyl groups is 3. The Kier molecular flexibility index (Phi) is 30.4. The molecule has 1 saturated carbocycles. The summed E-state index contributed by atoms with van der Waals surface area (Å²) in [5, 5.41) is 35.7. The Morgan fingerprint density at radius 3 is 2.18 bits per heavy atom. The van der Waals surface area contributed by atoms with Gasteiger partial charge in [-0.2, -0.15) is 0 Å². The Morgan fingerprint density at radius 1 is 0.774 bits per heavy atom. The molecule has 5 aliphatic rings. The van der Waals surface area contributed by atoms with Crippen molar-refractivity contribution >= 4 is 29.4 Å². The van der Waals surface area contributed by atoms with Gasteiger partial charge in [0.25, 0.3) is 11.7 Å². The summed E-state index contributed by atoms with van der Waals surface area (Å²) in [6, 6.07) is -1.15. The topological polar surface area (TPSA) is 230 Å². The Labute approximate surface area is 502 Å². The standard InChI is InChI=1S/C65H107N3O16/c1-12-66-28-30-67(31-29-66)32-34-81-36-35-80-33-18-22-58(70)82-54-26-24-50(40-57(54)78-10)39-46(5)56-42-53(69)45(4)38-48(7)60(72)61(79-11)59(71)47(6)37-43(2)19-14-13-15-20-44(3)55(77-9)41-51-25-23-49(8)65(76,84-51)62(73)63(74)68-27-17-16-21-52(68)64(75)83-56/h13-15,19-20,38,43,45-47,49-57,60-61,69,72,76H,12,16-18,21-37,39-42H2,1-11H3/b15-13+,19-14+,44-20+,48-38+/t43-,45-,46-,47-,49-,50+,51+,52+,53-,54-,55+,56+,57-,60-,61+,65-/m1/s1. The lowest BCUT2D eigenvalue weighted by Crippen LogP contribution is -2.61. The van der Waals surface area contributed by atoms with E-state index in [0.29, 0.717) is 103 Å². The summed E-state index contributed by atoms with van der Waals surface area (Å²) < 4.78 is 47.6. The highest BCUT2D eigenvalue weighted by Crippen LogP contribution is 2.38. The van der Waals surface area contributed by atoms with Crippen molar-refractivity contribution in [2.75, 3.05) is 93.6 Å². The van der Waals surface area contributed by atoms with Crippen molar-refractivity contribution in [1.82, 2.24) is 14.7 Å². The van der Waals surface area contributed by atoms with Crippen LogP contribution in [-0.2, 0) is 61.9 Å². The zero-order valence-electron chi connectivity index (χ0n) is 52.8. The molecule has 4 aliphatic heterocycles. The van der Waals surface area contributed by atoms with Gasteiger partial charge in [0.2, 0.25) is 5.79 Å². The average molecular weight is 1190 g/mol. The number of likely N-dealkylation sites (N-methyl/N-ethyl adjacent to an activating group) is 1. The third-order valence-electron chi connectivity index (χ3n) is 18.4. The van der Waals surface area contributed by atoms with E-state index < -0.39 is 90.0 Å². The van der Waals surface area contributed by atoms with E-state index in [0.717, 1.165) is 44.8 Å². The highest BCUT2D eigenvalue weighted by Gasteiger charge is 2.53. The van der Waals surface area contributed by atoms with E-state index in [4.69, 9.17) is 37.9 Å². The molecule has 19 nitrogen and oxygen atoms in total. The van der Waals surface area contributed by atoms with Gasteiger partial charge in [-0.3, -0.25) is 24.1 Å². The van der Waals surface area contributed by atoms with Gasteiger partial charge < -0.3 is 63.0 Å². The van der Waals surface area contributed by atoms with Crippen molar-refractivity contribution in [3.63, 3.8) is 0 Å². The number of carbonyl (C=O) groups is 5. The quantitative estimate of drug-likeness (QED) is 0.0544. The van der Waals surface area contributed by atoms with Gasteiger partial charge in [-0.1, -0.05) is 78.0 Å². The van der Waals surface area contributed by atoms with Gasteiger partial charge in [-0.25, -0.2) is 4.79 Å². The number of fused-ring (bicyclic) bond motifs is 3. The van der Waals surface area contributed by atoms with Crippen molar-refractivity contribution in [3.05, 3.63) is 47.6 Å². The van der Waals surface area contributed by atoms with Crippen molar-refractivity contribution in [2.45, 2.75) is 206 Å². The molecule has 5 rings (SSSR count). The van der Waals surface area contributed by atoms with E-state index in [1.807, 2.05) is 58.1 Å². The van der Waals surface area contributed by atoms with E-state index in [-0.39, 0.29) is 61.4 Å². The molecule has 4 heterocycles. The molecule has 4 fully saturated rings. The molecule has 2 bridgehead atoms. The molecular weight excluding hydrogens is 1080 g/mol. The van der Waals surface area contributed by atoms with Crippen LogP contribution in [-0.4, -0.2) is 214 Å². The number of esters is 2. The van der Waals surface area contributed by atoms with E-state index in [1.165, 1.54) is 12.0 Å². The smallest absolute Gasteiger partial charge is 0.329 e. The molecular formula is C65H107N3O16. The molecule has 478 valence electrons. The number of Topliss-reactive ketones (excluding diaryl/α,β-unsaturated/α-hetero) is 2. The van der Waals surface area contributed by atoms with E-state index in [1.54, 1.807) is 41.1 Å². The number of aliphatic hydroxyl groups excluding tert-OH is 2. The van der Waals surface area contributed by atoms with Crippen molar-refractivity contribution in [3.8, 4) is 0 Å². The minimum Gasteiger partial charge on any atom is -0.460 e. The Morgan fingerprint density at radius 2 is 1.49 bits per heavy atom. The first kappa shape index (κ1) is 71.0. The maximum absolute atomic E-state index is 14.7. The second-order valence-electron chi connectivity index (χ2n) is 24.9. The van der Waals surface area contributed by atoms with E-state index >= 15 is 0 Å². The Balaban J connectivity index is 1.29. The SMILES string of the molecule is CCN1CCN(CCOCCOCCCC(=O)O[C@@H]2CC[C@@H](C[C@@H](C)[C@@H]3C[C@@H](O)[C@H](C)/C=C(\C)[C@@H](O)[C@@H](OC)C(=O)[C@H](C)C[C@H](C)/C=C/C=C/C=C(\C)[C@@H](OC)C[C@@H]4CC[C@@H](C)[C@@](O)(O4)C(=O)C(=O)N4CCCC[C@H]4C(=O)O3)C[C@H]2OC)CC1. The fourth-order valence-electron chi connectivity index (χ4n) is 12.8. The van der Waals surface area contributed by atoms with Crippen LogP contribution >= 0.6 is 0 Å². The number of amides is 1. The lowest BCUT2D eigenvalue weighted by atomic mass is 9.78. The maximum atomic E-state index is 14.7. The molecule has 0 radical (unpaired) electrons. The molecule has 0 aromatic heterocycles. The molecule has 1 amide bonds. The first-order valence-corrected chi connectivity index (χ1v) is 31.6. The number of piperazine rings is 1. The fourth-order valence-corrected chi connectivity index (χ4v) is 12.8. The number of rotatable bonds is 18. The number of piperidine rings is 1. The summed E-state index contributed by atoms with van der Waals surface area (Å²) in [6.45, 7) is 23.5. The van der Waals surface area contributed by atoms with Crippen LogP contribution in [0.3, 0.4) is 0 Å². The third-order valence-corrected chi connectivity index (χ3v) is 18.4. The number of cyclic esters (lactones) is 1. The van der Waals surface area contributed by atoms with Gasteiger partial charge in [-0.05, 0) is 120 Å². The molecule has 19 heteroatoms. The largest absolute Gasteiger partial charge is 0.460 e. The minimum atomic E-state index is -2.45. The molecule has 0 spiro atoms. The van der Waals surface area contributed by atoms with Crippen LogP contribution in [0.25, 0.3) is 0 Å². The fraction of sp³-hybridized carbons (Fsp3) is 0.800. The number of hydrogen-bond donors (Lipinski definition) is 3. The Hall–Kier alpha value is -3.73. The van der Waals surface area contributed by atoms with Gasteiger partial charge in [0.1, 0.15) is 30.5 Å². The highest BCUT2D eigenvalue weighted by atomic mass is 16.6. The van der Waals surface area contributed by atoms with Crippen LogP contribution < -0.4 is 0 Å². The molecule has 0 aromatic rings. The van der Waals surface area contributed by atoms with Gasteiger partial charge in [0.15, 0.2) is 5.78 Å². The molecule has 0 unspecified atom stereocenters. The summed E-state index contributed by atoms with van der Waals surface area (Å²) >= 11 is 0. The van der Waals surface area contributed by atoms with Crippen molar-refractivity contribution < 1.29 is 77.2 Å². The lowest BCUT2D eigenvalue weighted by Gasteiger charge is -2.43. The van der Waals surface area contributed by atoms with Gasteiger partial charge in [0.05, 0.1) is 44.2 Å². The number of ether oxygens (including phenoxy) is 8. The number of hydrogen-bond acceptors (Lipinski definition) is 18. The molecule has 84 heavy (non-hydrogen) atoms. The number of nitrogens with zero attached hydrogens (tertiary/aromatic N) is 3. The number of allylic oxidation sites excluding steroid dienone is 5. The maximum Gasteiger partial charge on any atom is 0.329 e.